The van der Waals surface area contributed by atoms with Gasteiger partial charge in [-0.25, -0.2) is 0 Å². The maximum Gasteiger partial charge on any atom is 0.264 e. The fourth-order valence-corrected chi connectivity index (χ4v) is 2.54. The van der Waals surface area contributed by atoms with Gasteiger partial charge in [0.05, 0.1) is 23.1 Å². The van der Waals surface area contributed by atoms with Crippen molar-refractivity contribution in [3.05, 3.63) is 22.4 Å². The second-order valence-corrected chi connectivity index (χ2v) is 5.77. The zero-order chi connectivity index (χ0) is 11.8. The number of hydrogen-bond donors (Lipinski definition) is 0. The van der Waals surface area contributed by atoms with E-state index in [4.69, 9.17) is 4.74 Å². The van der Waals surface area contributed by atoms with E-state index in [1.165, 1.54) is 11.3 Å². The molecule has 88 valence electrons. The molecule has 0 N–H and O–H groups in total. The molecule has 1 aromatic rings. The molecule has 4 heteroatoms. The monoisotopic (exact) mass is 239 g/mol. The van der Waals surface area contributed by atoms with Crippen molar-refractivity contribution in [2.45, 2.75) is 32.4 Å². The van der Waals surface area contributed by atoms with Gasteiger partial charge in [0.2, 0.25) is 0 Å². The van der Waals surface area contributed by atoms with E-state index in [0.717, 1.165) is 4.88 Å². The summed E-state index contributed by atoms with van der Waals surface area (Å²) < 4.78 is 5.60. The van der Waals surface area contributed by atoms with E-state index in [9.17, 15) is 4.79 Å². The molecule has 1 fully saturated rings. The zero-order valence-electron chi connectivity index (χ0n) is 9.90. The van der Waals surface area contributed by atoms with Gasteiger partial charge >= 0.3 is 0 Å². The first kappa shape index (κ1) is 11.6. The first-order chi connectivity index (χ1) is 7.50. The van der Waals surface area contributed by atoms with E-state index in [1.54, 1.807) is 0 Å². The smallest absolute Gasteiger partial charge is 0.264 e. The Morgan fingerprint density at radius 2 is 2.38 bits per heavy atom. The van der Waals surface area contributed by atoms with Crippen molar-refractivity contribution in [2.24, 2.45) is 0 Å². The topological polar surface area (TPSA) is 29.5 Å². The molecule has 2 heterocycles. The van der Waals surface area contributed by atoms with Gasteiger partial charge < -0.3 is 9.64 Å². The summed E-state index contributed by atoms with van der Waals surface area (Å²) in [7, 11) is 0. The maximum atomic E-state index is 12.3. The van der Waals surface area contributed by atoms with Gasteiger partial charge in [-0.3, -0.25) is 4.79 Å². The van der Waals surface area contributed by atoms with E-state index in [1.807, 2.05) is 43.2 Å². The van der Waals surface area contributed by atoms with E-state index in [-0.39, 0.29) is 17.6 Å². The third-order valence-electron chi connectivity index (χ3n) is 2.87. The van der Waals surface area contributed by atoms with Crippen LogP contribution < -0.4 is 0 Å². The van der Waals surface area contributed by atoms with Crippen LogP contribution in [0.4, 0.5) is 0 Å². The lowest BCUT2D eigenvalue weighted by Gasteiger charge is -2.44. The van der Waals surface area contributed by atoms with Gasteiger partial charge in [-0.05, 0) is 32.2 Å². The van der Waals surface area contributed by atoms with E-state index in [0.29, 0.717) is 13.2 Å². The molecule has 1 aromatic heterocycles. The zero-order valence-corrected chi connectivity index (χ0v) is 10.7. The molecule has 16 heavy (non-hydrogen) atoms. The molecule has 1 aliphatic heterocycles. The van der Waals surface area contributed by atoms with Crippen molar-refractivity contribution in [1.82, 2.24) is 4.90 Å². The van der Waals surface area contributed by atoms with Gasteiger partial charge in [-0.2, -0.15) is 0 Å². The van der Waals surface area contributed by atoms with Gasteiger partial charge in [-0.1, -0.05) is 6.07 Å². The van der Waals surface area contributed by atoms with Crippen LogP contribution in [0.5, 0.6) is 0 Å². The molecule has 1 aliphatic rings. The summed E-state index contributed by atoms with van der Waals surface area (Å²) in [5.74, 6) is 0.121. The summed E-state index contributed by atoms with van der Waals surface area (Å²) in [5, 5.41) is 1.93. The quantitative estimate of drug-likeness (QED) is 0.753. The molecule has 0 spiro atoms. The predicted octanol–water partition coefficient (Wildman–Crippen LogP) is 2.39. The average Bonchev–Trinajstić information content (AvgIpc) is 2.74. The third-order valence-corrected chi connectivity index (χ3v) is 3.73. The van der Waals surface area contributed by atoms with Crippen LogP contribution in [0.1, 0.15) is 30.4 Å². The Morgan fingerprint density at radius 1 is 1.62 bits per heavy atom. The largest absolute Gasteiger partial charge is 0.374 e. The first-order valence-electron chi connectivity index (χ1n) is 5.48. The van der Waals surface area contributed by atoms with Gasteiger partial charge in [0.15, 0.2) is 0 Å². The van der Waals surface area contributed by atoms with E-state index >= 15 is 0 Å². The molecule has 1 saturated heterocycles. The van der Waals surface area contributed by atoms with Crippen LogP contribution in [0.2, 0.25) is 0 Å². The summed E-state index contributed by atoms with van der Waals surface area (Å²) in [4.78, 5) is 15.0. The van der Waals surface area contributed by atoms with Crippen molar-refractivity contribution in [1.29, 1.82) is 0 Å². The van der Waals surface area contributed by atoms with E-state index < -0.39 is 0 Å². The molecule has 1 atom stereocenters. The number of thiophene rings is 1. The summed E-state index contributed by atoms with van der Waals surface area (Å²) in [6, 6.07) is 3.79. The van der Waals surface area contributed by atoms with Crippen molar-refractivity contribution >= 4 is 17.2 Å². The van der Waals surface area contributed by atoms with Crippen LogP contribution in [-0.2, 0) is 4.74 Å². The van der Waals surface area contributed by atoms with Crippen LogP contribution in [0.3, 0.4) is 0 Å². The van der Waals surface area contributed by atoms with Crippen LogP contribution in [-0.4, -0.2) is 35.6 Å². The fourth-order valence-electron chi connectivity index (χ4n) is 1.87. The summed E-state index contributed by atoms with van der Waals surface area (Å²) in [6.45, 7) is 7.37. The normalized spacial score (nSPS) is 24.4. The lowest BCUT2D eigenvalue weighted by molar-refractivity contribution is -0.0754. The highest BCUT2D eigenvalue weighted by atomic mass is 32.1. The lowest BCUT2D eigenvalue weighted by Crippen LogP contribution is -2.57. The van der Waals surface area contributed by atoms with Crippen LogP contribution in [0.15, 0.2) is 17.5 Å². The Bertz CT molecular complexity index is 372. The Hall–Kier alpha value is -0.870. The third kappa shape index (κ3) is 2.13. The van der Waals surface area contributed by atoms with E-state index in [2.05, 4.69) is 0 Å². The van der Waals surface area contributed by atoms with Gasteiger partial charge in [0.25, 0.3) is 5.91 Å². The average molecular weight is 239 g/mol. The molecule has 0 radical (unpaired) electrons. The highest BCUT2D eigenvalue weighted by Gasteiger charge is 2.37. The molecule has 2 rings (SSSR count). The Labute approximate surface area is 100 Å². The Morgan fingerprint density at radius 3 is 3.00 bits per heavy atom. The lowest BCUT2D eigenvalue weighted by atomic mass is 10.0. The summed E-state index contributed by atoms with van der Waals surface area (Å²) >= 11 is 1.49. The molecule has 0 bridgehead atoms. The maximum absolute atomic E-state index is 12.3. The summed E-state index contributed by atoms with van der Waals surface area (Å²) in [5.41, 5.74) is -0.215. The second-order valence-electron chi connectivity index (χ2n) is 4.83. The second kappa shape index (κ2) is 4.18. The molecule has 3 nitrogen and oxygen atoms in total. The number of nitrogens with zero attached hydrogens (tertiary/aromatic N) is 1. The minimum atomic E-state index is -0.215. The number of morpholine rings is 1. The van der Waals surface area contributed by atoms with Crippen LogP contribution in [0.25, 0.3) is 0 Å². The van der Waals surface area contributed by atoms with Gasteiger partial charge in [0.1, 0.15) is 0 Å². The highest BCUT2D eigenvalue weighted by molar-refractivity contribution is 7.12. The fraction of sp³-hybridized carbons (Fsp3) is 0.583. The molecule has 0 unspecified atom stereocenters. The molecule has 0 aliphatic carbocycles. The molecular weight excluding hydrogens is 222 g/mol. The van der Waals surface area contributed by atoms with Crippen molar-refractivity contribution in [3.8, 4) is 0 Å². The van der Waals surface area contributed by atoms with Gasteiger partial charge in [0, 0.05) is 6.54 Å². The predicted molar refractivity (Wildman–Crippen MR) is 64.8 cm³/mol. The SMILES string of the molecule is C[C@@H]1CN(C(=O)c2cccs2)C(C)(C)CO1. The highest BCUT2D eigenvalue weighted by Crippen LogP contribution is 2.25. The minimum Gasteiger partial charge on any atom is -0.374 e. The molecule has 0 saturated carbocycles. The first-order valence-corrected chi connectivity index (χ1v) is 6.36. The molecule has 1 amide bonds. The number of amides is 1. The number of rotatable bonds is 1. The van der Waals surface area contributed by atoms with Gasteiger partial charge in [-0.15, -0.1) is 11.3 Å². The molecular formula is C12H17NO2S. The van der Waals surface area contributed by atoms with Crippen molar-refractivity contribution in [2.75, 3.05) is 13.2 Å². The Balaban J connectivity index is 2.21. The van der Waals surface area contributed by atoms with Crippen LogP contribution >= 0.6 is 11.3 Å². The Kier molecular flexibility index (Phi) is 3.04. The molecule has 0 aromatic carbocycles. The number of ether oxygens (including phenoxy) is 1. The number of carbonyl (C=O) groups is 1. The summed E-state index contributed by atoms with van der Waals surface area (Å²) in [6.07, 6.45) is 0.122. The number of hydrogen-bond acceptors (Lipinski definition) is 3. The standard InChI is InChI=1S/C12H17NO2S/c1-9-7-13(12(2,3)8-15-9)11(14)10-5-4-6-16-10/h4-6,9H,7-8H2,1-3H3/t9-/m1/s1. The minimum absolute atomic E-state index is 0.121. The van der Waals surface area contributed by atoms with Crippen LogP contribution in [0, 0.1) is 0 Å². The van der Waals surface area contributed by atoms with Crippen molar-refractivity contribution < 1.29 is 9.53 Å². The van der Waals surface area contributed by atoms with Crippen molar-refractivity contribution in [3.63, 3.8) is 0 Å². The number of carbonyl (C=O) groups excluding carboxylic acids is 1.